The molecule has 0 aromatic carbocycles. The van der Waals surface area contributed by atoms with E-state index >= 15 is 0 Å². The van der Waals surface area contributed by atoms with E-state index in [4.69, 9.17) is 0 Å². The van der Waals surface area contributed by atoms with Crippen LogP contribution >= 0.6 is 0 Å². The van der Waals surface area contributed by atoms with Crippen molar-refractivity contribution >= 4 is 6.72 Å². The summed E-state index contributed by atoms with van der Waals surface area (Å²) in [5, 5.41) is 0. The second kappa shape index (κ2) is 7.31. The van der Waals surface area contributed by atoms with Crippen molar-refractivity contribution in [2.24, 2.45) is 10.9 Å². The van der Waals surface area contributed by atoms with Crippen LogP contribution in [0.15, 0.2) is 40.9 Å². The molecule has 0 unspecified atom stereocenters. The largest absolute Gasteiger partial charge is 0.296 e. The molecule has 14 heavy (non-hydrogen) atoms. The van der Waals surface area contributed by atoms with Gasteiger partial charge in [-0.15, -0.1) is 0 Å². The van der Waals surface area contributed by atoms with Crippen LogP contribution < -0.4 is 0 Å². The Morgan fingerprint density at radius 3 is 2.43 bits per heavy atom. The van der Waals surface area contributed by atoms with Crippen LogP contribution in [0.2, 0.25) is 0 Å². The van der Waals surface area contributed by atoms with Gasteiger partial charge in [-0.3, -0.25) is 4.99 Å². The molecule has 0 aliphatic heterocycles. The van der Waals surface area contributed by atoms with Gasteiger partial charge < -0.3 is 0 Å². The normalized spacial score (nSPS) is 12.4. The van der Waals surface area contributed by atoms with E-state index in [2.05, 4.69) is 51.2 Å². The number of rotatable bonds is 6. The molecule has 0 radical (unpaired) electrons. The Balaban J connectivity index is 4.18. The molecule has 0 rings (SSSR count). The van der Waals surface area contributed by atoms with Crippen LogP contribution in [-0.2, 0) is 0 Å². The summed E-state index contributed by atoms with van der Waals surface area (Å²) in [5.74, 6) is 0.691. The van der Waals surface area contributed by atoms with Crippen LogP contribution in [0.3, 0.4) is 0 Å². The highest BCUT2D eigenvalue weighted by Crippen LogP contribution is 2.12. The van der Waals surface area contributed by atoms with Gasteiger partial charge in [0.25, 0.3) is 0 Å². The second-order valence-corrected chi connectivity index (χ2v) is 3.83. The Morgan fingerprint density at radius 1 is 1.36 bits per heavy atom. The molecule has 0 heterocycles. The summed E-state index contributed by atoms with van der Waals surface area (Å²) in [4.78, 5) is 3.78. The summed E-state index contributed by atoms with van der Waals surface area (Å²) in [6.07, 6.45) is 7.40. The lowest BCUT2D eigenvalue weighted by molar-refractivity contribution is 0.649. The van der Waals surface area contributed by atoms with E-state index in [1.54, 1.807) is 0 Å². The SMILES string of the molecule is C=NCC(=C)/C=C\C(=C/C)CC(C)C. The molecule has 1 heteroatoms. The zero-order chi connectivity index (χ0) is 11.0. The number of hydrogen-bond acceptors (Lipinski definition) is 1. The molecule has 0 aliphatic rings. The maximum atomic E-state index is 3.88. The molecule has 0 aromatic heterocycles. The summed E-state index contributed by atoms with van der Waals surface area (Å²) in [6.45, 7) is 14.4. The Labute approximate surface area is 87.9 Å². The predicted molar refractivity (Wildman–Crippen MR) is 65.9 cm³/mol. The molecule has 0 aromatic rings. The predicted octanol–water partition coefficient (Wildman–Crippen LogP) is 3.79. The van der Waals surface area contributed by atoms with Crippen molar-refractivity contribution in [2.75, 3.05) is 6.54 Å². The highest BCUT2D eigenvalue weighted by atomic mass is 14.7. The van der Waals surface area contributed by atoms with E-state index in [1.165, 1.54) is 5.57 Å². The second-order valence-electron chi connectivity index (χ2n) is 3.83. The zero-order valence-corrected chi connectivity index (χ0v) is 9.59. The molecule has 78 valence electrons. The summed E-state index contributed by atoms with van der Waals surface area (Å²) in [6, 6.07) is 0. The minimum atomic E-state index is 0.620. The molecule has 0 aliphatic carbocycles. The van der Waals surface area contributed by atoms with Gasteiger partial charge in [0.1, 0.15) is 0 Å². The van der Waals surface area contributed by atoms with Crippen molar-refractivity contribution in [2.45, 2.75) is 27.2 Å². The Hall–Kier alpha value is -1.11. The third-order valence-electron chi connectivity index (χ3n) is 1.86. The topological polar surface area (TPSA) is 12.4 Å². The number of aliphatic imine (C=N–C) groups is 1. The third kappa shape index (κ3) is 6.41. The smallest absolute Gasteiger partial charge is 0.0626 e. The highest BCUT2D eigenvalue weighted by Gasteiger charge is 1.96. The maximum absolute atomic E-state index is 3.88. The number of hydrogen-bond donors (Lipinski definition) is 0. The van der Waals surface area contributed by atoms with Gasteiger partial charge >= 0.3 is 0 Å². The van der Waals surface area contributed by atoms with Gasteiger partial charge in [-0.1, -0.05) is 44.2 Å². The molecule has 0 bridgehead atoms. The van der Waals surface area contributed by atoms with Crippen molar-refractivity contribution in [3.8, 4) is 0 Å². The van der Waals surface area contributed by atoms with E-state index in [-0.39, 0.29) is 0 Å². The van der Waals surface area contributed by atoms with E-state index in [0.29, 0.717) is 12.5 Å². The van der Waals surface area contributed by atoms with E-state index in [1.807, 2.05) is 6.08 Å². The lowest BCUT2D eigenvalue weighted by atomic mass is 10.0. The van der Waals surface area contributed by atoms with Gasteiger partial charge in [-0.05, 0) is 31.6 Å². The minimum absolute atomic E-state index is 0.620. The fourth-order valence-electron chi connectivity index (χ4n) is 1.17. The van der Waals surface area contributed by atoms with Crippen LogP contribution in [0.1, 0.15) is 27.2 Å². The van der Waals surface area contributed by atoms with Crippen molar-refractivity contribution in [3.05, 3.63) is 36.0 Å². The first kappa shape index (κ1) is 12.9. The molecule has 1 nitrogen and oxygen atoms in total. The van der Waals surface area contributed by atoms with Gasteiger partial charge in [-0.25, -0.2) is 0 Å². The first-order valence-corrected chi connectivity index (χ1v) is 5.03. The van der Waals surface area contributed by atoms with Gasteiger partial charge in [-0.2, -0.15) is 0 Å². The Morgan fingerprint density at radius 2 is 2.00 bits per heavy atom. The van der Waals surface area contributed by atoms with Gasteiger partial charge in [0.2, 0.25) is 0 Å². The van der Waals surface area contributed by atoms with Gasteiger partial charge in [0, 0.05) is 0 Å². The highest BCUT2D eigenvalue weighted by molar-refractivity contribution is 5.30. The molecular formula is C13H21N. The Kier molecular flexibility index (Phi) is 6.73. The average molecular weight is 191 g/mol. The molecule has 0 fully saturated rings. The minimum Gasteiger partial charge on any atom is -0.296 e. The molecular weight excluding hydrogens is 170 g/mol. The van der Waals surface area contributed by atoms with E-state index < -0.39 is 0 Å². The fourth-order valence-corrected chi connectivity index (χ4v) is 1.17. The number of allylic oxidation sites excluding steroid dienone is 3. The van der Waals surface area contributed by atoms with Crippen molar-refractivity contribution < 1.29 is 0 Å². The Bertz CT molecular complexity index is 244. The van der Waals surface area contributed by atoms with Crippen LogP contribution in [0.4, 0.5) is 0 Å². The lowest BCUT2D eigenvalue weighted by Gasteiger charge is -2.04. The average Bonchev–Trinajstić information content (AvgIpc) is 2.12. The monoisotopic (exact) mass is 191 g/mol. The van der Waals surface area contributed by atoms with Crippen LogP contribution in [-0.4, -0.2) is 13.3 Å². The zero-order valence-electron chi connectivity index (χ0n) is 9.59. The van der Waals surface area contributed by atoms with Gasteiger partial charge in [0.15, 0.2) is 0 Å². The number of nitrogens with zero attached hydrogens (tertiary/aromatic N) is 1. The third-order valence-corrected chi connectivity index (χ3v) is 1.86. The standard InChI is InChI=1S/C13H21N/c1-6-13(9-11(2)3)8-7-12(4)10-14-5/h6-8,11H,4-5,9-10H2,1-3H3/b8-7-,13-6+. The fraction of sp³-hybridized carbons (Fsp3) is 0.462. The molecule has 0 saturated carbocycles. The molecule has 0 amide bonds. The molecule has 0 spiro atoms. The molecule has 0 saturated heterocycles. The summed E-state index contributed by atoms with van der Waals surface area (Å²) in [7, 11) is 0. The van der Waals surface area contributed by atoms with Crippen molar-refractivity contribution in [1.82, 2.24) is 0 Å². The van der Waals surface area contributed by atoms with Crippen LogP contribution in [0.25, 0.3) is 0 Å². The lowest BCUT2D eigenvalue weighted by Crippen LogP contribution is -1.89. The summed E-state index contributed by atoms with van der Waals surface area (Å²) >= 11 is 0. The maximum Gasteiger partial charge on any atom is 0.0626 e. The quantitative estimate of drug-likeness (QED) is 0.447. The first-order chi connectivity index (χ1) is 6.60. The molecule has 0 N–H and O–H groups in total. The summed E-state index contributed by atoms with van der Waals surface area (Å²) < 4.78 is 0. The van der Waals surface area contributed by atoms with Crippen LogP contribution in [0, 0.1) is 5.92 Å². The first-order valence-electron chi connectivity index (χ1n) is 5.03. The van der Waals surface area contributed by atoms with E-state index in [0.717, 1.165) is 12.0 Å². The van der Waals surface area contributed by atoms with Gasteiger partial charge in [0.05, 0.1) is 6.54 Å². The summed E-state index contributed by atoms with van der Waals surface area (Å²) in [5.41, 5.74) is 2.35. The van der Waals surface area contributed by atoms with Crippen LogP contribution in [0.5, 0.6) is 0 Å². The van der Waals surface area contributed by atoms with Crippen molar-refractivity contribution in [3.63, 3.8) is 0 Å². The molecule has 0 atom stereocenters. The van der Waals surface area contributed by atoms with E-state index in [9.17, 15) is 0 Å². The van der Waals surface area contributed by atoms with Crippen molar-refractivity contribution in [1.29, 1.82) is 0 Å².